The highest BCUT2D eigenvalue weighted by molar-refractivity contribution is 5.36. The Hall–Kier alpha value is -1.91. The number of pyridine rings is 1. The minimum absolute atomic E-state index is 0.126. The van der Waals surface area contributed by atoms with Gasteiger partial charge in [0.25, 0.3) is 0 Å². The summed E-state index contributed by atoms with van der Waals surface area (Å²) in [7, 11) is 2.08. The number of hydrogen-bond donors (Lipinski definition) is 1. The minimum atomic E-state index is 0.126. The number of nitrogens with zero attached hydrogens (tertiary/aromatic N) is 2. The molecule has 4 nitrogen and oxygen atoms in total. The minimum Gasteiger partial charge on any atom is -0.494 e. The maximum Gasteiger partial charge on any atom is 0.124 e. The van der Waals surface area contributed by atoms with Crippen molar-refractivity contribution >= 4 is 0 Å². The van der Waals surface area contributed by atoms with Gasteiger partial charge < -0.3 is 10.5 Å². The van der Waals surface area contributed by atoms with Crippen LogP contribution in [0, 0.1) is 0 Å². The summed E-state index contributed by atoms with van der Waals surface area (Å²) in [5.41, 5.74) is 8.37. The van der Waals surface area contributed by atoms with Crippen molar-refractivity contribution in [2.24, 2.45) is 5.73 Å². The number of ether oxygens (including phenoxy) is 1. The molecule has 0 saturated heterocycles. The van der Waals surface area contributed by atoms with Crippen molar-refractivity contribution in [2.75, 3.05) is 20.2 Å². The van der Waals surface area contributed by atoms with Crippen LogP contribution in [0.5, 0.6) is 5.75 Å². The Balaban J connectivity index is 2.19. The lowest BCUT2D eigenvalue weighted by atomic mass is 10.0. The number of nitrogens with two attached hydrogens (primary N) is 1. The SMILES string of the molecule is CCOc1ccccc1C(CN)N(C)Cc1ccncc1. The lowest BCUT2D eigenvalue weighted by Crippen LogP contribution is -2.30. The second kappa shape index (κ2) is 7.76. The van der Waals surface area contributed by atoms with Gasteiger partial charge in [0.2, 0.25) is 0 Å². The zero-order valence-electron chi connectivity index (χ0n) is 12.7. The highest BCUT2D eigenvalue weighted by Crippen LogP contribution is 2.28. The monoisotopic (exact) mass is 285 g/mol. The molecule has 2 N–H and O–H groups in total. The molecule has 1 heterocycles. The smallest absolute Gasteiger partial charge is 0.124 e. The molecule has 2 rings (SSSR count). The second-order valence-electron chi connectivity index (χ2n) is 4.99. The highest BCUT2D eigenvalue weighted by atomic mass is 16.5. The molecular formula is C17H23N3O. The zero-order chi connectivity index (χ0) is 15.1. The molecule has 0 aliphatic carbocycles. The summed E-state index contributed by atoms with van der Waals surface area (Å²) in [5, 5.41) is 0. The van der Waals surface area contributed by atoms with Gasteiger partial charge in [0, 0.05) is 31.0 Å². The first-order valence-electron chi connectivity index (χ1n) is 7.27. The molecule has 0 saturated carbocycles. The van der Waals surface area contributed by atoms with E-state index in [1.54, 1.807) is 0 Å². The molecule has 0 fully saturated rings. The lowest BCUT2D eigenvalue weighted by molar-refractivity contribution is 0.232. The van der Waals surface area contributed by atoms with Crippen LogP contribution in [0.2, 0.25) is 0 Å². The molecule has 0 aliphatic rings. The van der Waals surface area contributed by atoms with Crippen molar-refractivity contribution in [2.45, 2.75) is 19.5 Å². The summed E-state index contributed by atoms with van der Waals surface area (Å²) in [6, 6.07) is 12.3. The number of aromatic nitrogens is 1. The number of para-hydroxylation sites is 1. The Kier molecular flexibility index (Phi) is 5.72. The molecular weight excluding hydrogens is 262 g/mol. The quantitative estimate of drug-likeness (QED) is 0.849. The van der Waals surface area contributed by atoms with E-state index in [0.717, 1.165) is 17.9 Å². The Bertz CT molecular complexity index is 545. The summed E-state index contributed by atoms with van der Waals surface area (Å²) >= 11 is 0. The molecule has 4 heteroatoms. The van der Waals surface area contributed by atoms with Crippen LogP contribution < -0.4 is 10.5 Å². The van der Waals surface area contributed by atoms with E-state index in [-0.39, 0.29) is 6.04 Å². The third-order valence-electron chi connectivity index (χ3n) is 3.51. The van der Waals surface area contributed by atoms with Crippen molar-refractivity contribution < 1.29 is 4.74 Å². The van der Waals surface area contributed by atoms with Crippen LogP contribution in [0.4, 0.5) is 0 Å². The molecule has 0 aliphatic heterocycles. The molecule has 0 bridgehead atoms. The van der Waals surface area contributed by atoms with Crippen LogP contribution in [0.25, 0.3) is 0 Å². The average molecular weight is 285 g/mol. The van der Waals surface area contributed by atoms with Gasteiger partial charge in [0.15, 0.2) is 0 Å². The van der Waals surface area contributed by atoms with Crippen LogP contribution in [-0.4, -0.2) is 30.1 Å². The summed E-state index contributed by atoms with van der Waals surface area (Å²) in [6.45, 7) is 4.02. The summed E-state index contributed by atoms with van der Waals surface area (Å²) in [4.78, 5) is 6.29. The van der Waals surface area contributed by atoms with Crippen LogP contribution >= 0.6 is 0 Å². The summed E-state index contributed by atoms with van der Waals surface area (Å²) in [6.07, 6.45) is 3.63. The van der Waals surface area contributed by atoms with Crippen molar-refractivity contribution in [3.05, 3.63) is 59.9 Å². The zero-order valence-corrected chi connectivity index (χ0v) is 12.7. The number of hydrogen-bond acceptors (Lipinski definition) is 4. The predicted octanol–water partition coefficient (Wildman–Crippen LogP) is 2.61. The molecule has 0 amide bonds. The standard InChI is InChI=1S/C17H23N3O/c1-3-21-17-7-5-4-6-15(17)16(12-18)20(2)13-14-8-10-19-11-9-14/h4-11,16H,3,12-13,18H2,1-2H3. The molecule has 1 atom stereocenters. The van der Waals surface area contributed by atoms with E-state index in [4.69, 9.17) is 10.5 Å². The van der Waals surface area contributed by atoms with Gasteiger partial charge in [-0.15, -0.1) is 0 Å². The Morgan fingerprint density at radius 2 is 1.90 bits per heavy atom. The van der Waals surface area contributed by atoms with E-state index >= 15 is 0 Å². The first-order valence-corrected chi connectivity index (χ1v) is 7.27. The molecule has 1 aromatic carbocycles. The van der Waals surface area contributed by atoms with Gasteiger partial charge >= 0.3 is 0 Å². The van der Waals surface area contributed by atoms with Gasteiger partial charge in [-0.1, -0.05) is 18.2 Å². The fourth-order valence-corrected chi connectivity index (χ4v) is 2.47. The third kappa shape index (κ3) is 4.03. The highest BCUT2D eigenvalue weighted by Gasteiger charge is 2.19. The van der Waals surface area contributed by atoms with Gasteiger partial charge in [-0.3, -0.25) is 9.88 Å². The maximum atomic E-state index is 6.01. The molecule has 1 unspecified atom stereocenters. The van der Waals surface area contributed by atoms with E-state index in [1.165, 1.54) is 5.56 Å². The average Bonchev–Trinajstić information content (AvgIpc) is 2.51. The van der Waals surface area contributed by atoms with Gasteiger partial charge in [0.1, 0.15) is 5.75 Å². The number of benzene rings is 1. The fraction of sp³-hybridized carbons (Fsp3) is 0.353. The van der Waals surface area contributed by atoms with Crippen LogP contribution in [0.1, 0.15) is 24.1 Å². The topological polar surface area (TPSA) is 51.4 Å². The first-order chi connectivity index (χ1) is 10.3. The maximum absolute atomic E-state index is 6.01. The molecule has 21 heavy (non-hydrogen) atoms. The van der Waals surface area contributed by atoms with Crippen molar-refractivity contribution in [1.82, 2.24) is 9.88 Å². The van der Waals surface area contributed by atoms with E-state index in [1.807, 2.05) is 49.6 Å². The fourth-order valence-electron chi connectivity index (χ4n) is 2.47. The van der Waals surface area contributed by atoms with E-state index in [9.17, 15) is 0 Å². The van der Waals surface area contributed by atoms with Crippen LogP contribution in [-0.2, 0) is 6.54 Å². The Morgan fingerprint density at radius 3 is 2.57 bits per heavy atom. The molecule has 2 aromatic rings. The van der Waals surface area contributed by atoms with Gasteiger partial charge in [0.05, 0.1) is 12.6 Å². The molecule has 1 aromatic heterocycles. The third-order valence-corrected chi connectivity index (χ3v) is 3.51. The van der Waals surface area contributed by atoms with Gasteiger partial charge in [-0.2, -0.15) is 0 Å². The van der Waals surface area contributed by atoms with E-state index in [2.05, 4.69) is 23.0 Å². The van der Waals surface area contributed by atoms with Crippen molar-refractivity contribution in [3.63, 3.8) is 0 Å². The van der Waals surface area contributed by atoms with Crippen LogP contribution in [0.3, 0.4) is 0 Å². The van der Waals surface area contributed by atoms with Crippen molar-refractivity contribution in [1.29, 1.82) is 0 Å². The van der Waals surface area contributed by atoms with Gasteiger partial charge in [-0.25, -0.2) is 0 Å². The first kappa shape index (κ1) is 15.5. The largest absolute Gasteiger partial charge is 0.494 e. The molecule has 112 valence electrons. The lowest BCUT2D eigenvalue weighted by Gasteiger charge is -2.28. The normalized spacial score (nSPS) is 12.4. The number of likely N-dealkylation sites (N-methyl/N-ethyl adjacent to an activating group) is 1. The second-order valence-corrected chi connectivity index (χ2v) is 4.99. The Labute approximate surface area is 126 Å². The van der Waals surface area contributed by atoms with Gasteiger partial charge in [-0.05, 0) is 37.7 Å². The predicted molar refractivity (Wildman–Crippen MR) is 85.1 cm³/mol. The van der Waals surface area contributed by atoms with E-state index < -0.39 is 0 Å². The molecule has 0 spiro atoms. The summed E-state index contributed by atoms with van der Waals surface area (Å²) in [5.74, 6) is 0.914. The molecule has 0 radical (unpaired) electrons. The van der Waals surface area contributed by atoms with Crippen molar-refractivity contribution in [3.8, 4) is 5.75 Å². The van der Waals surface area contributed by atoms with Crippen LogP contribution in [0.15, 0.2) is 48.8 Å². The summed E-state index contributed by atoms with van der Waals surface area (Å²) < 4.78 is 5.73. The number of rotatable bonds is 7. The Morgan fingerprint density at radius 1 is 1.19 bits per heavy atom. The van der Waals surface area contributed by atoms with E-state index in [0.29, 0.717) is 13.2 Å².